The first-order valence-corrected chi connectivity index (χ1v) is 9.14. The third-order valence-corrected chi connectivity index (χ3v) is 5.28. The lowest BCUT2D eigenvalue weighted by atomic mass is 9.96. The number of rotatable bonds is 4. The van der Waals surface area contributed by atoms with Gasteiger partial charge in [-0.2, -0.15) is 0 Å². The van der Waals surface area contributed by atoms with E-state index in [1.165, 1.54) is 0 Å². The summed E-state index contributed by atoms with van der Waals surface area (Å²) in [5.74, 6) is -0.736. The predicted molar refractivity (Wildman–Crippen MR) is 97.5 cm³/mol. The van der Waals surface area contributed by atoms with E-state index in [1.54, 1.807) is 0 Å². The number of likely N-dealkylation sites (tertiary alicyclic amines) is 1. The van der Waals surface area contributed by atoms with E-state index in [2.05, 4.69) is 61.0 Å². The zero-order valence-electron chi connectivity index (χ0n) is 12.5. The lowest BCUT2D eigenvalue weighted by molar-refractivity contribution is -0.142. The largest absolute Gasteiger partial charge is 0.480 e. The minimum atomic E-state index is -0.736. The van der Waals surface area contributed by atoms with Gasteiger partial charge in [-0.15, -0.1) is 0 Å². The molecular formula is C18H17Br2NO2. The first-order valence-electron chi connectivity index (χ1n) is 7.56. The molecular weight excluding hydrogens is 422 g/mol. The summed E-state index contributed by atoms with van der Waals surface area (Å²) in [5.41, 5.74) is 2.22. The molecule has 1 aliphatic rings. The Labute approximate surface area is 152 Å². The highest BCUT2D eigenvalue weighted by molar-refractivity contribution is 9.10. The van der Waals surface area contributed by atoms with Crippen molar-refractivity contribution in [2.75, 3.05) is 6.54 Å². The summed E-state index contributed by atoms with van der Waals surface area (Å²) in [4.78, 5) is 13.7. The third-order valence-electron chi connectivity index (χ3n) is 4.26. The zero-order chi connectivity index (χ0) is 16.4. The highest BCUT2D eigenvalue weighted by Gasteiger charge is 2.36. The molecule has 2 aromatic carbocycles. The van der Waals surface area contributed by atoms with Gasteiger partial charge in [0.1, 0.15) is 6.04 Å². The number of carboxylic acids is 1. The smallest absolute Gasteiger partial charge is 0.320 e. The SMILES string of the molecule is O=C(O)C1CCCN1C(c1ccc(Br)cc1)c1cccc(Br)c1. The molecule has 0 aromatic heterocycles. The van der Waals surface area contributed by atoms with Crippen molar-refractivity contribution in [3.8, 4) is 0 Å². The maximum absolute atomic E-state index is 11.6. The summed E-state index contributed by atoms with van der Waals surface area (Å²) >= 11 is 6.99. The van der Waals surface area contributed by atoms with E-state index in [1.807, 2.05) is 24.3 Å². The van der Waals surface area contributed by atoms with Crippen LogP contribution in [0.4, 0.5) is 0 Å². The summed E-state index contributed by atoms with van der Waals surface area (Å²) in [6.07, 6.45) is 1.62. The number of halogens is 2. The van der Waals surface area contributed by atoms with Gasteiger partial charge in [0.2, 0.25) is 0 Å². The van der Waals surface area contributed by atoms with E-state index in [0.717, 1.165) is 33.0 Å². The molecule has 1 aliphatic heterocycles. The first-order chi connectivity index (χ1) is 11.1. The lowest BCUT2D eigenvalue weighted by Gasteiger charge is -2.32. The molecule has 2 aromatic rings. The van der Waals surface area contributed by atoms with Crippen molar-refractivity contribution < 1.29 is 9.90 Å². The van der Waals surface area contributed by atoms with Crippen LogP contribution in [0, 0.1) is 0 Å². The Balaban J connectivity index is 2.06. The van der Waals surface area contributed by atoms with Gasteiger partial charge in [-0.1, -0.05) is 56.1 Å². The molecule has 5 heteroatoms. The molecule has 120 valence electrons. The monoisotopic (exact) mass is 437 g/mol. The maximum atomic E-state index is 11.6. The van der Waals surface area contributed by atoms with Crippen LogP contribution < -0.4 is 0 Å². The van der Waals surface area contributed by atoms with Crippen LogP contribution >= 0.6 is 31.9 Å². The molecule has 0 radical (unpaired) electrons. The Morgan fingerprint density at radius 3 is 2.48 bits per heavy atom. The van der Waals surface area contributed by atoms with Crippen molar-refractivity contribution in [2.24, 2.45) is 0 Å². The molecule has 0 saturated carbocycles. The third kappa shape index (κ3) is 3.67. The van der Waals surface area contributed by atoms with Crippen LogP contribution in [-0.4, -0.2) is 28.6 Å². The van der Waals surface area contributed by atoms with Crippen molar-refractivity contribution in [1.29, 1.82) is 0 Å². The molecule has 2 atom stereocenters. The molecule has 3 nitrogen and oxygen atoms in total. The summed E-state index contributed by atoms with van der Waals surface area (Å²) in [5, 5.41) is 9.57. The van der Waals surface area contributed by atoms with Crippen LogP contribution in [0.15, 0.2) is 57.5 Å². The van der Waals surface area contributed by atoms with Gasteiger partial charge in [0.25, 0.3) is 0 Å². The Hall–Kier alpha value is -1.17. The number of hydrogen-bond donors (Lipinski definition) is 1. The molecule has 1 fully saturated rings. The van der Waals surface area contributed by atoms with Crippen LogP contribution in [0.25, 0.3) is 0 Å². The number of benzene rings is 2. The van der Waals surface area contributed by atoms with E-state index < -0.39 is 12.0 Å². The van der Waals surface area contributed by atoms with Gasteiger partial charge in [0, 0.05) is 15.5 Å². The Morgan fingerprint density at radius 1 is 1.09 bits per heavy atom. The Bertz CT molecular complexity index is 702. The average Bonchev–Trinajstić information content (AvgIpc) is 2.99. The number of aliphatic carboxylic acids is 1. The molecule has 1 N–H and O–H groups in total. The van der Waals surface area contributed by atoms with Gasteiger partial charge < -0.3 is 5.11 Å². The highest BCUT2D eigenvalue weighted by atomic mass is 79.9. The number of carbonyl (C=O) groups is 1. The van der Waals surface area contributed by atoms with Crippen molar-refractivity contribution >= 4 is 37.8 Å². The first kappa shape index (κ1) is 16.7. The topological polar surface area (TPSA) is 40.5 Å². The van der Waals surface area contributed by atoms with Crippen molar-refractivity contribution in [3.05, 3.63) is 68.6 Å². The van der Waals surface area contributed by atoms with Crippen LogP contribution in [0.2, 0.25) is 0 Å². The minimum Gasteiger partial charge on any atom is -0.480 e. The number of hydrogen-bond acceptors (Lipinski definition) is 2. The fourth-order valence-corrected chi connectivity index (χ4v) is 3.94. The second-order valence-electron chi connectivity index (χ2n) is 5.74. The van der Waals surface area contributed by atoms with Crippen LogP contribution in [0.3, 0.4) is 0 Å². The zero-order valence-corrected chi connectivity index (χ0v) is 15.6. The summed E-state index contributed by atoms with van der Waals surface area (Å²) < 4.78 is 2.02. The average molecular weight is 439 g/mol. The highest BCUT2D eigenvalue weighted by Crippen LogP contribution is 2.36. The Morgan fingerprint density at radius 2 is 1.83 bits per heavy atom. The molecule has 2 unspecified atom stereocenters. The summed E-state index contributed by atoms with van der Waals surface area (Å²) in [6.45, 7) is 0.796. The lowest BCUT2D eigenvalue weighted by Crippen LogP contribution is -2.39. The molecule has 0 aliphatic carbocycles. The molecule has 23 heavy (non-hydrogen) atoms. The van der Waals surface area contributed by atoms with E-state index in [4.69, 9.17) is 0 Å². The van der Waals surface area contributed by atoms with Crippen molar-refractivity contribution in [2.45, 2.75) is 24.9 Å². The quantitative estimate of drug-likeness (QED) is 0.741. The van der Waals surface area contributed by atoms with Gasteiger partial charge >= 0.3 is 5.97 Å². The molecule has 1 heterocycles. The number of carboxylic acid groups (broad SMARTS) is 1. The molecule has 0 spiro atoms. The van der Waals surface area contributed by atoms with Crippen LogP contribution in [-0.2, 0) is 4.79 Å². The van der Waals surface area contributed by atoms with E-state index in [9.17, 15) is 9.90 Å². The summed E-state index contributed by atoms with van der Waals surface area (Å²) in [6, 6.07) is 15.8. The fraction of sp³-hybridized carbons (Fsp3) is 0.278. The standard InChI is InChI=1S/C18H17Br2NO2/c19-14-8-6-12(7-9-14)17(13-3-1-4-15(20)11-13)21-10-2-5-16(21)18(22)23/h1,3-4,6-9,11,16-17H,2,5,10H2,(H,22,23). The van der Waals surface area contributed by atoms with Gasteiger partial charge in [-0.05, 0) is 48.2 Å². The predicted octanol–water partition coefficient (Wildman–Crippen LogP) is 4.85. The summed E-state index contributed by atoms with van der Waals surface area (Å²) in [7, 11) is 0. The van der Waals surface area contributed by atoms with Gasteiger partial charge in [0.15, 0.2) is 0 Å². The minimum absolute atomic E-state index is 0.0517. The van der Waals surface area contributed by atoms with Crippen LogP contribution in [0.1, 0.15) is 30.0 Å². The van der Waals surface area contributed by atoms with Gasteiger partial charge in [-0.25, -0.2) is 0 Å². The van der Waals surface area contributed by atoms with E-state index >= 15 is 0 Å². The molecule has 0 amide bonds. The van der Waals surface area contributed by atoms with Gasteiger partial charge in [0.05, 0.1) is 6.04 Å². The fourth-order valence-electron chi connectivity index (χ4n) is 3.26. The second-order valence-corrected chi connectivity index (χ2v) is 7.57. The van der Waals surface area contributed by atoms with E-state index in [0.29, 0.717) is 6.42 Å². The maximum Gasteiger partial charge on any atom is 0.320 e. The normalized spacial score (nSPS) is 19.7. The van der Waals surface area contributed by atoms with Crippen LogP contribution in [0.5, 0.6) is 0 Å². The molecule has 3 rings (SSSR count). The number of nitrogens with zero attached hydrogens (tertiary/aromatic N) is 1. The van der Waals surface area contributed by atoms with E-state index in [-0.39, 0.29) is 6.04 Å². The molecule has 1 saturated heterocycles. The molecule has 0 bridgehead atoms. The Kier molecular flexibility index (Phi) is 5.19. The van der Waals surface area contributed by atoms with Crippen molar-refractivity contribution in [3.63, 3.8) is 0 Å². The second kappa shape index (κ2) is 7.16. The van der Waals surface area contributed by atoms with Crippen molar-refractivity contribution in [1.82, 2.24) is 4.90 Å². The van der Waals surface area contributed by atoms with Gasteiger partial charge in [-0.3, -0.25) is 9.69 Å².